The number of nitrogens with one attached hydrogen (secondary N) is 1. The highest BCUT2D eigenvalue weighted by Gasteiger charge is 2.25. The van der Waals surface area contributed by atoms with Crippen molar-refractivity contribution in [2.24, 2.45) is 5.73 Å². The van der Waals surface area contributed by atoms with Crippen molar-refractivity contribution in [3.05, 3.63) is 0 Å². The zero-order valence-corrected chi connectivity index (χ0v) is 10.6. The van der Waals surface area contributed by atoms with Gasteiger partial charge in [0, 0.05) is 31.7 Å². The quantitative estimate of drug-likeness (QED) is 0.741. The molecule has 0 unspecified atom stereocenters. The Kier molecular flexibility index (Phi) is 4.15. The molecule has 1 saturated heterocycles. The summed E-state index contributed by atoms with van der Waals surface area (Å²) in [5.41, 5.74) is 5.23. The Morgan fingerprint density at radius 2 is 2.12 bits per heavy atom. The Labute approximate surface area is 97.3 Å². The lowest BCUT2D eigenvalue weighted by molar-refractivity contribution is 0.0482. The molecule has 0 aromatic carbocycles. The van der Waals surface area contributed by atoms with Gasteiger partial charge in [-0.25, -0.2) is 4.79 Å². The van der Waals surface area contributed by atoms with Gasteiger partial charge in [-0.15, -0.1) is 0 Å². The SMILES string of the molecule is C[C@H](CN1CC(N)C1)NC(=O)OC(C)(C)C. The van der Waals surface area contributed by atoms with Gasteiger partial charge in [0.05, 0.1) is 0 Å². The summed E-state index contributed by atoms with van der Waals surface area (Å²) >= 11 is 0. The van der Waals surface area contributed by atoms with Crippen LogP contribution in [0.5, 0.6) is 0 Å². The fraction of sp³-hybridized carbons (Fsp3) is 0.909. The molecule has 3 N–H and O–H groups in total. The summed E-state index contributed by atoms with van der Waals surface area (Å²) in [6, 6.07) is 0.385. The molecular weight excluding hydrogens is 206 g/mol. The number of nitrogens with zero attached hydrogens (tertiary/aromatic N) is 1. The summed E-state index contributed by atoms with van der Waals surface area (Å²) in [5, 5.41) is 2.81. The highest BCUT2D eigenvalue weighted by molar-refractivity contribution is 5.68. The Morgan fingerprint density at radius 1 is 1.56 bits per heavy atom. The number of rotatable bonds is 3. The second-order valence-corrected chi connectivity index (χ2v) is 5.53. The van der Waals surface area contributed by atoms with Gasteiger partial charge >= 0.3 is 6.09 Å². The summed E-state index contributed by atoms with van der Waals surface area (Å²) in [4.78, 5) is 13.7. The van der Waals surface area contributed by atoms with Crippen LogP contribution >= 0.6 is 0 Å². The topological polar surface area (TPSA) is 67.6 Å². The van der Waals surface area contributed by atoms with E-state index in [4.69, 9.17) is 10.5 Å². The Bertz CT molecular complexity index is 244. The second kappa shape index (κ2) is 5.01. The third-order valence-corrected chi connectivity index (χ3v) is 2.28. The Hall–Kier alpha value is -0.810. The molecule has 94 valence electrons. The molecular formula is C11H23N3O2. The fourth-order valence-corrected chi connectivity index (χ4v) is 1.70. The molecule has 0 aromatic heterocycles. The lowest BCUT2D eigenvalue weighted by Crippen LogP contribution is -2.58. The van der Waals surface area contributed by atoms with Crippen LogP contribution in [0.1, 0.15) is 27.7 Å². The maximum Gasteiger partial charge on any atom is 0.407 e. The van der Waals surface area contributed by atoms with Crippen molar-refractivity contribution < 1.29 is 9.53 Å². The van der Waals surface area contributed by atoms with Crippen molar-refractivity contribution in [3.63, 3.8) is 0 Å². The molecule has 0 aliphatic carbocycles. The van der Waals surface area contributed by atoms with Crippen LogP contribution in [0.25, 0.3) is 0 Å². The molecule has 1 atom stereocenters. The zero-order chi connectivity index (χ0) is 12.3. The normalized spacial score (nSPS) is 20.1. The number of amides is 1. The number of carbonyl (C=O) groups is 1. The lowest BCUT2D eigenvalue weighted by atomic mass is 10.1. The Balaban J connectivity index is 2.18. The number of hydrogen-bond donors (Lipinski definition) is 2. The highest BCUT2D eigenvalue weighted by atomic mass is 16.6. The van der Waals surface area contributed by atoms with Crippen LogP contribution in [-0.4, -0.2) is 48.3 Å². The third-order valence-electron chi connectivity index (χ3n) is 2.28. The van der Waals surface area contributed by atoms with Crippen LogP contribution in [0, 0.1) is 0 Å². The van der Waals surface area contributed by atoms with Gasteiger partial charge in [0.15, 0.2) is 0 Å². The molecule has 16 heavy (non-hydrogen) atoms. The van der Waals surface area contributed by atoms with Crippen LogP contribution in [0.2, 0.25) is 0 Å². The van der Waals surface area contributed by atoms with Crippen LogP contribution in [0.3, 0.4) is 0 Å². The maximum absolute atomic E-state index is 11.4. The molecule has 5 nitrogen and oxygen atoms in total. The summed E-state index contributed by atoms with van der Waals surface area (Å²) in [5.74, 6) is 0. The van der Waals surface area contributed by atoms with E-state index in [1.165, 1.54) is 0 Å². The molecule has 0 aromatic rings. The first-order valence-corrected chi connectivity index (χ1v) is 5.74. The molecule has 1 aliphatic rings. The van der Waals surface area contributed by atoms with E-state index >= 15 is 0 Å². The number of carbonyl (C=O) groups excluding carboxylic acids is 1. The van der Waals surface area contributed by atoms with Crippen molar-refractivity contribution >= 4 is 6.09 Å². The number of likely N-dealkylation sites (tertiary alicyclic amines) is 1. The smallest absolute Gasteiger partial charge is 0.407 e. The van der Waals surface area contributed by atoms with Crippen LogP contribution in [0.4, 0.5) is 4.79 Å². The molecule has 1 rings (SSSR count). The molecule has 5 heteroatoms. The van der Waals surface area contributed by atoms with Crippen LogP contribution in [0.15, 0.2) is 0 Å². The van der Waals surface area contributed by atoms with Crippen molar-refractivity contribution in [2.45, 2.75) is 45.4 Å². The number of alkyl carbamates (subject to hydrolysis) is 1. The van der Waals surface area contributed by atoms with Crippen molar-refractivity contribution in [1.82, 2.24) is 10.2 Å². The first kappa shape index (κ1) is 13.3. The van der Waals surface area contributed by atoms with Crippen LogP contribution in [-0.2, 0) is 4.74 Å². The summed E-state index contributed by atoms with van der Waals surface area (Å²) in [6.45, 7) is 10.2. The first-order chi connectivity index (χ1) is 7.26. The van der Waals surface area contributed by atoms with Gasteiger partial charge in [0.1, 0.15) is 5.60 Å². The predicted molar refractivity (Wildman–Crippen MR) is 63.2 cm³/mol. The van der Waals surface area contributed by atoms with E-state index < -0.39 is 5.60 Å². The van der Waals surface area contributed by atoms with E-state index in [1.807, 2.05) is 27.7 Å². The number of ether oxygens (including phenoxy) is 1. The molecule has 0 spiro atoms. The van der Waals surface area contributed by atoms with Crippen molar-refractivity contribution in [2.75, 3.05) is 19.6 Å². The van der Waals surface area contributed by atoms with E-state index in [1.54, 1.807) is 0 Å². The van der Waals surface area contributed by atoms with Crippen molar-refractivity contribution in [1.29, 1.82) is 0 Å². The zero-order valence-electron chi connectivity index (χ0n) is 10.6. The summed E-state index contributed by atoms with van der Waals surface area (Å²) in [6.07, 6.45) is -0.357. The molecule has 1 heterocycles. The molecule has 0 radical (unpaired) electrons. The third kappa shape index (κ3) is 4.81. The van der Waals surface area contributed by atoms with Gasteiger partial charge in [0.2, 0.25) is 0 Å². The number of nitrogens with two attached hydrogens (primary N) is 1. The minimum Gasteiger partial charge on any atom is -0.444 e. The van der Waals surface area contributed by atoms with Gasteiger partial charge in [-0.05, 0) is 27.7 Å². The van der Waals surface area contributed by atoms with E-state index in [9.17, 15) is 4.79 Å². The standard InChI is InChI=1S/C11H23N3O2/c1-8(5-14-6-9(12)7-14)13-10(15)16-11(2,3)4/h8-9H,5-7,12H2,1-4H3,(H,13,15)/t8-/m1/s1. The van der Waals surface area contributed by atoms with Gasteiger partial charge in [0.25, 0.3) is 0 Å². The maximum atomic E-state index is 11.4. The Morgan fingerprint density at radius 3 is 2.56 bits per heavy atom. The van der Waals surface area contributed by atoms with E-state index in [2.05, 4.69) is 10.2 Å². The fourth-order valence-electron chi connectivity index (χ4n) is 1.70. The van der Waals surface area contributed by atoms with Crippen LogP contribution < -0.4 is 11.1 Å². The monoisotopic (exact) mass is 229 g/mol. The predicted octanol–water partition coefficient (Wildman–Crippen LogP) is 0.543. The summed E-state index contributed by atoms with van der Waals surface area (Å²) in [7, 11) is 0. The first-order valence-electron chi connectivity index (χ1n) is 5.74. The average Bonchev–Trinajstić information content (AvgIpc) is 1.96. The molecule has 1 amide bonds. The van der Waals surface area contributed by atoms with E-state index in [0.717, 1.165) is 19.6 Å². The van der Waals surface area contributed by atoms with Gasteiger partial charge < -0.3 is 15.8 Å². The number of hydrogen-bond acceptors (Lipinski definition) is 4. The van der Waals surface area contributed by atoms with Crippen molar-refractivity contribution in [3.8, 4) is 0 Å². The molecule has 0 saturated carbocycles. The largest absolute Gasteiger partial charge is 0.444 e. The minimum absolute atomic E-state index is 0.0855. The summed E-state index contributed by atoms with van der Waals surface area (Å²) < 4.78 is 5.17. The average molecular weight is 229 g/mol. The highest BCUT2D eigenvalue weighted by Crippen LogP contribution is 2.08. The second-order valence-electron chi connectivity index (χ2n) is 5.53. The molecule has 1 aliphatic heterocycles. The van der Waals surface area contributed by atoms with Gasteiger partial charge in [-0.3, -0.25) is 4.90 Å². The van der Waals surface area contributed by atoms with Gasteiger partial charge in [-0.2, -0.15) is 0 Å². The van der Waals surface area contributed by atoms with E-state index in [-0.39, 0.29) is 12.1 Å². The molecule has 0 bridgehead atoms. The lowest BCUT2D eigenvalue weighted by Gasteiger charge is -2.38. The minimum atomic E-state index is -0.442. The van der Waals surface area contributed by atoms with E-state index in [0.29, 0.717) is 6.04 Å². The van der Waals surface area contributed by atoms with Gasteiger partial charge in [-0.1, -0.05) is 0 Å². The molecule has 1 fully saturated rings.